The molecule has 0 atom stereocenters. The van der Waals surface area contributed by atoms with Crippen LogP contribution < -0.4 is 24.8 Å². The van der Waals surface area contributed by atoms with Gasteiger partial charge in [0.05, 0.1) is 0 Å². The van der Waals surface area contributed by atoms with E-state index in [0.29, 0.717) is 5.92 Å². The van der Waals surface area contributed by atoms with Crippen LogP contribution in [0.2, 0.25) is 13.1 Å². The van der Waals surface area contributed by atoms with Crippen molar-refractivity contribution in [3.63, 3.8) is 0 Å². The molecule has 0 aliphatic heterocycles. The molecule has 0 bridgehead atoms. The second-order valence-corrected chi connectivity index (χ2v) is 24.0. The average molecular weight is 771 g/mol. The Labute approximate surface area is 318 Å². The second-order valence-electron chi connectivity index (χ2n) is 14.6. The van der Waals surface area contributed by atoms with Gasteiger partial charge in [-0.1, -0.05) is 114 Å². The maximum absolute atomic E-state index is 2.35. The number of hydrogen-bond acceptors (Lipinski definition) is 0. The van der Waals surface area contributed by atoms with Crippen molar-refractivity contribution < 1.29 is 48.1 Å². The number of aryl methyl sites for hydroxylation is 5. The molecular formula is C44H52Cl2SiZr-2. The Morgan fingerprint density at radius 2 is 1.25 bits per heavy atom. The summed E-state index contributed by atoms with van der Waals surface area (Å²) < 4.78 is 0. The summed E-state index contributed by atoms with van der Waals surface area (Å²) in [4.78, 5) is 0. The molecule has 0 aliphatic carbocycles. The normalized spacial score (nSPS) is 10.9. The minimum absolute atomic E-state index is 0. The summed E-state index contributed by atoms with van der Waals surface area (Å²) in [6.45, 7) is 26.9. The molecule has 6 aromatic carbocycles. The molecule has 0 N–H and O–H groups in total. The quantitative estimate of drug-likeness (QED) is 0.132. The van der Waals surface area contributed by atoms with E-state index in [1.165, 1.54) is 82.7 Å². The van der Waals surface area contributed by atoms with Crippen LogP contribution in [-0.2, 0) is 28.8 Å². The van der Waals surface area contributed by atoms with Gasteiger partial charge in [0.25, 0.3) is 0 Å². The fraction of sp³-hybridized carbons (Fsp3) is 0.318. The maximum Gasteiger partial charge on any atom is -0.0220 e. The molecule has 48 heavy (non-hydrogen) atoms. The smallest absolute Gasteiger partial charge is 0.0220 e. The van der Waals surface area contributed by atoms with Gasteiger partial charge in [-0.25, -0.2) is 0 Å². The molecule has 6 rings (SSSR count). The van der Waals surface area contributed by atoms with Gasteiger partial charge in [0.2, 0.25) is 0 Å². The zero-order valence-electron chi connectivity index (χ0n) is 31.0. The molecule has 0 amide bonds. The van der Waals surface area contributed by atoms with Gasteiger partial charge in [0.15, 0.2) is 0 Å². The zero-order valence-corrected chi connectivity index (χ0v) is 36.0. The molecule has 0 nitrogen and oxygen atoms in total. The summed E-state index contributed by atoms with van der Waals surface area (Å²) in [5.74, 6) is 0.573. The van der Waals surface area contributed by atoms with E-state index in [4.69, 9.17) is 0 Å². The summed E-state index contributed by atoms with van der Waals surface area (Å²) in [5, 5.41) is 5.49. The zero-order chi connectivity index (χ0) is 33.9. The van der Waals surface area contributed by atoms with Crippen molar-refractivity contribution in [1.82, 2.24) is 0 Å². The third-order valence-electron chi connectivity index (χ3n) is 8.70. The SMILES string of the molecule is CC(C)c1cc2c(-c3ccc(C(C)(C)C)cc3)cccc2[cH-]1.C[Si](C)=[Zr+2].Cc1cc(C)c(-c2ccc(C)c3[cH-]c(C)cc23)c(C)c1.[Cl-].[Cl-]. The molecule has 0 radical (unpaired) electrons. The van der Waals surface area contributed by atoms with Crippen LogP contribution in [-0.4, -0.2) is 5.43 Å². The molecule has 0 fully saturated rings. The van der Waals surface area contributed by atoms with Gasteiger partial charge < -0.3 is 24.8 Å². The summed E-state index contributed by atoms with van der Waals surface area (Å²) in [7, 11) is 0. The molecule has 252 valence electrons. The Hall–Kier alpha value is -2.22. The van der Waals surface area contributed by atoms with Gasteiger partial charge in [0, 0.05) is 0 Å². The first-order chi connectivity index (χ1) is 21.6. The molecule has 0 saturated carbocycles. The average Bonchev–Trinajstić information content (AvgIpc) is 3.58. The Morgan fingerprint density at radius 1 is 0.667 bits per heavy atom. The van der Waals surface area contributed by atoms with E-state index in [2.05, 4.69) is 173 Å². The van der Waals surface area contributed by atoms with E-state index in [1.807, 2.05) is 0 Å². The number of hydrogen-bond donors (Lipinski definition) is 0. The Balaban J connectivity index is 0.000000290. The predicted octanol–water partition coefficient (Wildman–Crippen LogP) is 7.21. The minimum Gasteiger partial charge on any atom is -1.00 e. The Kier molecular flexibility index (Phi) is 15.4. The van der Waals surface area contributed by atoms with Gasteiger partial charge in [0.1, 0.15) is 0 Å². The molecule has 0 heterocycles. The Bertz CT molecular complexity index is 1950. The first-order valence-electron chi connectivity index (χ1n) is 16.6. The van der Waals surface area contributed by atoms with Gasteiger partial charge in [-0.15, -0.1) is 68.6 Å². The molecule has 4 heteroatoms. The van der Waals surface area contributed by atoms with Crippen LogP contribution in [0.3, 0.4) is 0 Å². The molecular weight excluding hydrogens is 719 g/mol. The Morgan fingerprint density at radius 3 is 1.79 bits per heavy atom. The van der Waals surface area contributed by atoms with E-state index in [0.717, 1.165) is 0 Å². The van der Waals surface area contributed by atoms with Gasteiger partial charge >= 0.3 is 41.9 Å². The monoisotopic (exact) mass is 768 g/mol. The second kappa shape index (κ2) is 17.6. The summed E-state index contributed by atoms with van der Waals surface area (Å²) in [6, 6.07) is 34.1. The van der Waals surface area contributed by atoms with Crippen LogP contribution in [0, 0.1) is 34.6 Å². The van der Waals surface area contributed by atoms with Crippen LogP contribution in [0.5, 0.6) is 0 Å². The van der Waals surface area contributed by atoms with E-state index in [-0.39, 0.29) is 35.7 Å². The van der Waals surface area contributed by atoms with E-state index >= 15 is 0 Å². The first kappa shape index (κ1) is 41.9. The number of benzene rings is 4. The van der Waals surface area contributed by atoms with Crippen LogP contribution in [0.15, 0.2) is 91.0 Å². The van der Waals surface area contributed by atoms with E-state index < -0.39 is 0 Å². The van der Waals surface area contributed by atoms with E-state index in [9.17, 15) is 0 Å². The van der Waals surface area contributed by atoms with Gasteiger partial charge in [-0.3, -0.25) is 0 Å². The standard InChI is InChI=1S/C22H25.C20H21.C2H6Si.2ClH.Zr/c1-15(2)18-13-17-7-6-8-20(21(17)14-18)16-9-11-19(12-10-16)22(3,4)5;1-12-8-15(4)20(16(5)9-12)17-7-6-14(3)18-10-13(2)11-19(17)18;1-3-2;;;/h6-15H,1-5H3;6-11H,1-5H3;1-2H3;2*1H;/q2*-1;;;;+2/p-2. The van der Waals surface area contributed by atoms with Crippen molar-refractivity contribution in [3.05, 3.63) is 130 Å². The van der Waals surface area contributed by atoms with Crippen molar-refractivity contribution in [2.24, 2.45) is 0 Å². The van der Waals surface area contributed by atoms with Gasteiger partial charge in [-0.05, 0) is 59.9 Å². The fourth-order valence-electron chi connectivity index (χ4n) is 6.41. The van der Waals surface area contributed by atoms with Crippen LogP contribution in [0.25, 0.3) is 43.8 Å². The minimum atomic E-state index is 0. The molecule has 6 aromatic rings. The van der Waals surface area contributed by atoms with Crippen LogP contribution >= 0.6 is 0 Å². The van der Waals surface area contributed by atoms with Crippen molar-refractivity contribution >= 4 is 27.0 Å². The van der Waals surface area contributed by atoms with E-state index in [1.54, 1.807) is 23.3 Å². The molecule has 0 aliphatic rings. The maximum atomic E-state index is 2.35. The van der Waals surface area contributed by atoms with Crippen molar-refractivity contribution in [2.45, 2.75) is 93.7 Å². The topological polar surface area (TPSA) is 0 Å². The molecule has 0 spiro atoms. The predicted molar refractivity (Wildman–Crippen MR) is 204 cm³/mol. The third kappa shape index (κ3) is 10.2. The van der Waals surface area contributed by atoms with Gasteiger partial charge in [-0.2, -0.15) is 12.1 Å². The summed E-state index contributed by atoms with van der Waals surface area (Å²) in [5.41, 5.74) is 15.4. The third-order valence-corrected chi connectivity index (χ3v) is 8.70. The van der Waals surface area contributed by atoms with Crippen molar-refractivity contribution in [3.8, 4) is 22.3 Å². The van der Waals surface area contributed by atoms with Crippen LogP contribution in [0.4, 0.5) is 0 Å². The first-order valence-corrected chi connectivity index (χ1v) is 22.8. The number of halogens is 2. The number of rotatable bonds is 3. The van der Waals surface area contributed by atoms with Crippen molar-refractivity contribution in [2.75, 3.05) is 0 Å². The summed E-state index contributed by atoms with van der Waals surface area (Å²) >= 11 is 1.74. The largest absolute Gasteiger partial charge is 1.00 e. The molecule has 0 aromatic heterocycles. The molecule has 0 unspecified atom stereocenters. The summed E-state index contributed by atoms with van der Waals surface area (Å²) in [6.07, 6.45) is 0. The number of fused-ring (bicyclic) bond motifs is 2. The van der Waals surface area contributed by atoms with Crippen molar-refractivity contribution in [1.29, 1.82) is 0 Å². The fourth-order valence-corrected chi connectivity index (χ4v) is 6.41. The van der Waals surface area contributed by atoms with Crippen LogP contribution in [0.1, 0.15) is 79.5 Å². The molecule has 0 saturated heterocycles.